The Morgan fingerprint density at radius 1 is 0.868 bits per heavy atom. The molecule has 1 aliphatic rings. The Bertz CT molecular complexity index is 1460. The molecule has 192 valence electrons. The van der Waals surface area contributed by atoms with Gasteiger partial charge >= 0.3 is 0 Å². The number of carbonyl (C=O) groups excluding carboxylic acids is 2. The summed E-state index contributed by atoms with van der Waals surface area (Å²) in [6.45, 7) is 6.41. The Kier molecular flexibility index (Phi) is 7.27. The third-order valence-corrected chi connectivity index (χ3v) is 6.95. The average molecular weight is 505 g/mol. The van der Waals surface area contributed by atoms with Crippen LogP contribution in [0, 0.1) is 13.8 Å². The predicted octanol–water partition coefficient (Wildman–Crippen LogP) is 6.50. The van der Waals surface area contributed by atoms with Gasteiger partial charge in [0.15, 0.2) is 6.10 Å². The van der Waals surface area contributed by atoms with Crippen LogP contribution in [0.4, 0.5) is 5.69 Å². The third-order valence-electron chi connectivity index (χ3n) is 6.95. The number of ether oxygens (including phenoxy) is 1. The number of aryl methyl sites for hydroxylation is 2. The Hall–Kier alpha value is -4.38. The first-order valence-electron chi connectivity index (χ1n) is 13.0. The standard InChI is InChI=1S/C33H32N2O3/c1-22-9-7-13-27(19-22)31-30-21-29(38-24(3)32(36)34-28-14-8-10-23(2)20-28)16-15-25(30)17-18-35(31)33(37)26-11-5-4-6-12-26/h4-16,19-21,24,31H,17-18H2,1-3H3,(H,34,36)/t24-,31-/m0/s1. The van der Waals surface area contributed by atoms with E-state index in [-0.39, 0.29) is 17.9 Å². The summed E-state index contributed by atoms with van der Waals surface area (Å²) in [5.41, 5.74) is 6.87. The fraction of sp³-hybridized carbons (Fsp3) is 0.212. The van der Waals surface area contributed by atoms with E-state index >= 15 is 0 Å². The second-order valence-corrected chi connectivity index (χ2v) is 9.91. The Balaban J connectivity index is 1.45. The topological polar surface area (TPSA) is 58.6 Å². The molecule has 0 fully saturated rings. The molecule has 0 unspecified atom stereocenters. The number of hydrogen-bond donors (Lipinski definition) is 1. The maximum absolute atomic E-state index is 13.7. The van der Waals surface area contributed by atoms with Gasteiger partial charge in [0.25, 0.3) is 11.8 Å². The summed E-state index contributed by atoms with van der Waals surface area (Å²) in [7, 11) is 0. The highest BCUT2D eigenvalue weighted by molar-refractivity contribution is 5.95. The number of fused-ring (bicyclic) bond motifs is 1. The first-order valence-corrected chi connectivity index (χ1v) is 13.0. The number of carbonyl (C=O) groups is 2. The molecule has 5 heteroatoms. The normalized spacial score (nSPS) is 15.3. The molecule has 4 aromatic rings. The minimum absolute atomic E-state index is 0.0000204. The zero-order valence-electron chi connectivity index (χ0n) is 22.0. The van der Waals surface area contributed by atoms with Crippen molar-refractivity contribution in [2.75, 3.05) is 11.9 Å². The summed E-state index contributed by atoms with van der Waals surface area (Å²) >= 11 is 0. The second kappa shape index (κ2) is 10.9. The minimum Gasteiger partial charge on any atom is -0.481 e. The van der Waals surface area contributed by atoms with E-state index in [1.807, 2.05) is 84.6 Å². The molecule has 1 heterocycles. The zero-order valence-corrected chi connectivity index (χ0v) is 22.0. The Morgan fingerprint density at radius 3 is 2.34 bits per heavy atom. The smallest absolute Gasteiger partial charge is 0.265 e. The van der Waals surface area contributed by atoms with E-state index in [0.717, 1.165) is 34.4 Å². The molecule has 38 heavy (non-hydrogen) atoms. The summed E-state index contributed by atoms with van der Waals surface area (Å²) in [6.07, 6.45) is 0.0523. The van der Waals surface area contributed by atoms with Crippen molar-refractivity contribution < 1.29 is 14.3 Å². The molecule has 0 saturated carbocycles. The second-order valence-electron chi connectivity index (χ2n) is 9.91. The van der Waals surface area contributed by atoms with Gasteiger partial charge in [-0.25, -0.2) is 0 Å². The van der Waals surface area contributed by atoms with Crippen molar-refractivity contribution in [3.05, 3.63) is 130 Å². The van der Waals surface area contributed by atoms with Gasteiger partial charge in [-0.1, -0.05) is 66.2 Å². The van der Waals surface area contributed by atoms with Crippen LogP contribution in [0.2, 0.25) is 0 Å². The van der Waals surface area contributed by atoms with Crippen LogP contribution >= 0.6 is 0 Å². The summed E-state index contributed by atoms with van der Waals surface area (Å²) in [4.78, 5) is 28.5. The van der Waals surface area contributed by atoms with Crippen LogP contribution < -0.4 is 10.1 Å². The van der Waals surface area contributed by atoms with Crippen LogP contribution in [-0.2, 0) is 11.2 Å². The Labute approximate surface area is 224 Å². The highest BCUT2D eigenvalue weighted by Gasteiger charge is 2.33. The Morgan fingerprint density at radius 2 is 1.61 bits per heavy atom. The van der Waals surface area contributed by atoms with Crippen molar-refractivity contribution in [2.45, 2.75) is 39.3 Å². The van der Waals surface area contributed by atoms with E-state index in [1.165, 1.54) is 5.56 Å². The predicted molar refractivity (Wildman–Crippen MR) is 151 cm³/mol. The molecule has 0 aliphatic carbocycles. The van der Waals surface area contributed by atoms with Gasteiger partial charge in [-0.2, -0.15) is 0 Å². The SMILES string of the molecule is Cc1cccc(NC(=O)[C@H](C)Oc2ccc3c(c2)[C@H](c2cccc(C)c2)N(C(=O)c2ccccc2)CC3)c1. The van der Waals surface area contributed by atoms with Crippen LogP contribution in [0.15, 0.2) is 97.1 Å². The van der Waals surface area contributed by atoms with Crippen molar-refractivity contribution in [1.29, 1.82) is 0 Å². The maximum Gasteiger partial charge on any atom is 0.265 e. The highest BCUT2D eigenvalue weighted by atomic mass is 16.5. The maximum atomic E-state index is 13.7. The van der Waals surface area contributed by atoms with Gasteiger partial charge in [-0.05, 0) is 85.8 Å². The third kappa shape index (κ3) is 5.47. The summed E-state index contributed by atoms with van der Waals surface area (Å²) in [5, 5.41) is 2.93. The highest BCUT2D eigenvalue weighted by Crippen LogP contribution is 2.38. The van der Waals surface area contributed by atoms with Crippen molar-refractivity contribution in [3.8, 4) is 5.75 Å². The van der Waals surface area contributed by atoms with Crippen LogP contribution in [0.25, 0.3) is 0 Å². The molecule has 2 atom stereocenters. The average Bonchev–Trinajstić information content (AvgIpc) is 2.92. The number of amides is 2. The molecule has 5 rings (SSSR count). The van der Waals surface area contributed by atoms with Crippen LogP contribution in [0.3, 0.4) is 0 Å². The lowest BCUT2D eigenvalue weighted by Gasteiger charge is -2.38. The number of benzene rings is 4. The van der Waals surface area contributed by atoms with Crippen molar-refractivity contribution in [2.24, 2.45) is 0 Å². The number of nitrogens with zero attached hydrogens (tertiary/aromatic N) is 1. The lowest BCUT2D eigenvalue weighted by atomic mass is 9.87. The molecule has 0 aromatic heterocycles. The number of rotatable bonds is 6. The van der Waals surface area contributed by atoms with Crippen molar-refractivity contribution in [1.82, 2.24) is 4.90 Å². The van der Waals surface area contributed by atoms with E-state index < -0.39 is 6.10 Å². The molecular formula is C33H32N2O3. The summed E-state index contributed by atoms with van der Waals surface area (Å²) in [5.74, 6) is 0.381. The molecule has 0 spiro atoms. The minimum atomic E-state index is -0.698. The number of nitrogens with one attached hydrogen (secondary N) is 1. The first-order chi connectivity index (χ1) is 18.4. The lowest BCUT2D eigenvalue weighted by molar-refractivity contribution is -0.122. The molecule has 1 aliphatic heterocycles. The fourth-order valence-corrected chi connectivity index (χ4v) is 5.06. The van der Waals surface area contributed by atoms with Gasteiger partial charge in [0, 0.05) is 17.8 Å². The number of anilines is 1. The van der Waals surface area contributed by atoms with Crippen LogP contribution in [-0.4, -0.2) is 29.4 Å². The molecule has 0 saturated heterocycles. The molecule has 2 amide bonds. The monoisotopic (exact) mass is 504 g/mol. The van der Waals surface area contributed by atoms with E-state index in [0.29, 0.717) is 17.9 Å². The summed E-state index contributed by atoms with van der Waals surface area (Å²) in [6, 6.07) is 31.1. The van der Waals surface area contributed by atoms with E-state index in [4.69, 9.17) is 4.74 Å². The van der Waals surface area contributed by atoms with Crippen molar-refractivity contribution >= 4 is 17.5 Å². The van der Waals surface area contributed by atoms with Crippen molar-refractivity contribution in [3.63, 3.8) is 0 Å². The fourth-order valence-electron chi connectivity index (χ4n) is 5.06. The molecule has 0 radical (unpaired) electrons. The van der Waals surface area contributed by atoms with E-state index in [1.54, 1.807) is 6.92 Å². The number of hydrogen-bond acceptors (Lipinski definition) is 3. The van der Waals surface area contributed by atoms with Gasteiger partial charge in [0.05, 0.1) is 6.04 Å². The largest absolute Gasteiger partial charge is 0.481 e. The van der Waals surface area contributed by atoms with Gasteiger partial charge in [-0.15, -0.1) is 0 Å². The van der Waals surface area contributed by atoms with Gasteiger partial charge < -0.3 is 15.0 Å². The molecule has 5 nitrogen and oxygen atoms in total. The molecular weight excluding hydrogens is 472 g/mol. The first kappa shape index (κ1) is 25.3. The van der Waals surface area contributed by atoms with Gasteiger partial charge in [0.1, 0.15) is 5.75 Å². The van der Waals surface area contributed by atoms with Gasteiger partial charge in [-0.3, -0.25) is 9.59 Å². The van der Waals surface area contributed by atoms with E-state index in [9.17, 15) is 9.59 Å². The van der Waals surface area contributed by atoms with Crippen LogP contribution in [0.5, 0.6) is 5.75 Å². The van der Waals surface area contributed by atoms with E-state index in [2.05, 4.69) is 36.5 Å². The van der Waals surface area contributed by atoms with Gasteiger partial charge in [0.2, 0.25) is 0 Å². The molecule has 4 aromatic carbocycles. The molecule has 0 bridgehead atoms. The molecule has 1 N–H and O–H groups in total. The van der Waals surface area contributed by atoms with Crippen LogP contribution in [0.1, 0.15) is 51.1 Å². The summed E-state index contributed by atoms with van der Waals surface area (Å²) < 4.78 is 6.12. The zero-order chi connectivity index (χ0) is 26.6. The lowest BCUT2D eigenvalue weighted by Crippen LogP contribution is -2.40. The quantitative estimate of drug-likeness (QED) is 0.326.